The minimum absolute atomic E-state index is 0.00310. The molecule has 33 heteroatoms. The van der Waals surface area contributed by atoms with Gasteiger partial charge in [-0.15, -0.1) is 0 Å². The zero-order chi connectivity index (χ0) is 91.5. The van der Waals surface area contributed by atoms with Gasteiger partial charge in [0.1, 0.15) is 44.9 Å². The molecule has 12 fully saturated rings. The third kappa shape index (κ3) is 19.3. The van der Waals surface area contributed by atoms with Crippen LogP contribution in [-0.4, -0.2) is 203 Å². The lowest BCUT2D eigenvalue weighted by Crippen LogP contribution is -2.55. The molecule has 8 heterocycles. The molecule has 0 aromatic heterocycles. The molecule has 0 spiro atoms. The fourth-order valence-electron chi connectivity index (χ4n) is 22.2. The van der Waals surface area contributed by atoms with Crippen molar-refractivity contribution in [2.75, 3.05) is 48.5 Å². The molecular formula is C94H116F12N12O9. The molecule has 0 radical (unpaired) electrons. The Kier molecular flexibility index (Phi) is 27.9. The number of primary amides is 1. The Morgan fingerprint density at radius 3 is 0.827 bits per heavy atom. The maximum absolute atomic E-state index is 14.2. The molecule has 8 aliphatic heterocycles. The summed E-state index contributed by atoms with van der Waals surface area (Å²) in [6.07, 6.45) is 17.1. The zero-order valence-electron chi connectivity index (χ0n) is 72.4. The van der Waals surface area contributed by atoms with Crippen molar-refractivity contribution in [3.8, 4) is 0 Å². The molecule has 8 amide bonds. The number of hydrogen-bond acceptors (Lipinski definition) is 13. The first-order valence-corrected chi connectivity index (χ1v) is 44.7. The second kappa shape index (κ2) is 37.7. The molecule has 17 rings (SSSR count). The van der Waals surface area contributed by atoms with E-state index in [0.717, 1.165) is 81.2 Å². The Morgan fingerprint density at radius 1 is 0.354 bits per heavy atom. The molecular weight excluding hydrogens is 1670 g/mol. The summed E-state index contributed by atoms with van der Waals surface area (Å²) < 4.78 is 168. The number of piperidine rings is 4. The van der Waals surface area contributed by atoms with Crippen LogP contribution in [0.4, 0.5) is 52.7 Å². The molecule has 127 heavy (non-hydrogen) atoms. The van der Waals surface area contributed by atoms with Crippen LogP contribution in [0.3, 0.4) is 0 Å². The number of fused-ring (bicyclic) bond motifs is 8. The molecule has 4 aliphatic carbocycles. The fraction of sp³-hybridized carbons (Fsp3) is 0.596. The predicted octanol–water partition coefficient (Wildman–Crippen LogP) is 11.4. The number of benzene rings is 5. The van der Waals surface area contributed by atoms with Crippen molar-refractivity contribution in [3.63, 3.8) is 0 Å². The van der Waals surface area contributed by atoms with E-state index in [4.69, 9.17) is 33.4 Å². The van der Waals surface area contributed by atoms with E-state index in [1.165, 1.54) is 4.90 Å². The molecule has 10 N–H and O–H groups in total. The zero-order valence-corrected chi connectivity index (χ0v) is 72.4. The molecule has 16 atom stereocenters. The van der Waals surface area contributed by atoms with Crippen LogP contribution in [0.2, 0.25) is 0 Å². The SMILES string of the molecule is CN(C)C(=O)C1(C(=O)N2[C@@H]3CC[C@H]2CC([C@H](N)Cc2cc(F)c(F)cc2F)C3)CC1.CN(Cc1ccccc1)C(=O)C1(C(=O)N2[C@@H]3CC[C@H]2CC([C@H](N)Cc2cc(F)c(F)cc2F)C3)CC1.COCCN(C)C(=O)C1(C(=O)N2[C@@H]3CC[C@H]2CC([C@H](N)Cc2cc(F)c(F)cc2F)C3)CC1.NC(=O)C1(C(=O)N2[C@@H]3CC[C@H]2CC([C@H](N)Cc2cc(F)c(F)cc2F)C3)CC1. The van der Waals surface area contributed by atoms with Crippen molar-refractivity contribution >= 4 is 47.3 Å². The van der Waals surface area contributed by atoms with Gasteiger partial charge in [-0.05, 0) is 256 Å². The maximum Gasteiger partial charge on any atom is 0.238 e. The first-order valence-electron chi connectivity index (χ1n) is 44.7. The van der Waals surface area contributed by atoms with Gasteiger partial charge in [0.25, 0.3) is 0 Å². The molecule has 4 saturated carbocycles. The lowest BCUT2D eigenvalue weighted by molar-refractivity contribution is -0.154. The second-order valence-corrected chi connectivity index (χ2v) is 38.5. The van der Waals surface area contributed by atoms with Gasteiger partial charge in [-0.25, -0.2) is 52.7 Å². The Balaban J connectivity index is 0.000000138. The van der Waals surface area contributed by atoms with Crippen LogP contribution in [0.15, 0.2) is 78.9 Å². The quantitative estimate of drug-likeness (QED) is 0.0207. The fourth-order valence-corrected chi connectivity index (χ4v) is 22.2. The van der Waals surface area contributed by atoms with Crippen LogP contribution in [-0.2, 0) is 75.3 Å². The predicted molar refractivity (Wildman–Crippen MR) is 444 cm³/mol. The van der Waals surface area contributed by atoms with Gasteiger partial charge in [-0.3, -0.25) is 38.4 Å². The number of nitrogens with two attached hydrogens (primary N) is 5. The Morgan fingerprint density at radius 2 is 0.591 bits per heavy atom. The lowest BCUT2D eigenvalue weighted by Gasteiger charge is -2.42. The van der Waals surface area contributed by atoms with Crippen molar-refractivity contribution in [3.05, 3.63) is 176 Å². The maximum atomic E-state index is 14.2. The normalized spacial score (nSPS) is 26.8. The summed E-state index contributed by atoms with van der Waals surface area (Å²) in [5.74, 6) is -13.6. The monoisotopic (exact) mass is 1780 g/mol. The lowest BCUT2D eigenvalue weighted by atomic mass is 9.82. The number of methoxy groups -OCH3 is 1. The van der Waals surface area contributed by atoms with Crippen molar-refractivity contribution in [2.24, 2.45) is 74.0 Å². The highest BCUT2D eigenvalue weighted by molar-refractivity contribution is 6.10. The summed E-state index contributed by atoms with van der Waals surface area (Å²) in [5.41, 5.74) is 28.3. The van der Waals surface area contributed by atoms with E-state index in [-0.39, 0.29) is 161 Å². The largest absolute Gasteiger partial charge is 0.383 e. The molecule has 21 nitrogen and oxygen atoms in total. The third-order valence-corrected chi connectivity index (χ3v) is 29.9. The van der Waals surface area contributed by atoms with E-state index in [9.17, 15) is 91.0 Å². The van der Waals surface area contributed by atoms with Gasteiger partial charge < -0.3 is 67.7 Å². The first kappa shape index (κ1) is 94.0. The van der Waals surface area contributed by atoms with Gasteiger partial charge in [-0.1, -0.05) is 30.3 Å². The van der Waals surface area contributed by atoms with E-state index in [1.807, 2.05) is 49.9 Å². The number of ether oxygens (including phenoxy) is 1. The number of likely N-dealkylation sites (N-methyl/N-ethyl adjacent to an activating group) is 1. The summed E-state index contributed by atoms with van der Waals surface area (Å²) in [7, 11) is 8.37. The van der Waals surface area contributed by atoms with Gasteiger partial charge in [0.15, 0.2) is 46.5 Å². The van der Waals surface area contributed by atoms with Gasteiger partial charge in [-0.2, -0.15) is 0 Å². The first-order chi connectivity index (χ1) is 60.2. The topological polar surface area (TPSA) is 299 Å². The van der Waals surface area contributed by atoms with Crippen LogP contribution in [0, 0.1) is 115 Å². The van der Waals surface area contributed by atoms with Crippen molar-refractivity contribution in [2.45, 2.75) is 259 Å². The Bertz CT molecular complexity index is 4930. The van der Waals surface area contributed by atoms with E-state index >= 15 is 0 Å². The Labute approximate surface area is 731 Å². The smallest absolute Gasteiger partial charge is 0.238 e. The molecule has 8 bridgehead atoms. The van der Waals surface area contributed by atoms with E-state index in [2.05, 4.69) is 0 Å². The number of amides is 8. The molecule has 5 aromatic carbocycles. The minimum Gasteiger partial charge on any atom is -0.383 e. The van der Waals surface area contributed by atoms with Crippen LogP contribution in [0.1, 0.15) is 182 Å². The van der Waals surface area contributed by atoms with Gasteiger partial charge in [0.2, 0.25) is 47.3 Å². The summed E-state index contributed by atoms with van der Waals surface area (Å²) >= 11 is 0. The van der Waals surface area contributed by atoms with Crippen molar-refractivity contribution < 1.29 is 95.8 Å². The van der Waals surface area contributed by atoms with Crippen LogP contribution < -0.4 is 28.7 Å². The summed E-state index contributed by atoms with van der Waals surface area (Å²) in [6, 6.07) is 13.7. The van der Waals surface area contributed by atoms with Gasteiger partial charge in [0, 0.05) is 145 Å². The van der Waals surface area contributed by atoms with Gasteiger partial charge in [0.05, 0.1) is 6.61 Å². The highest BCUT2D eigenvalue weighted by atomic mass is 19.2. The third-order valence-electron chi connectivity index (χ3n) is 29.9. The minimum atomic E-state index is -1.22. The number of carbonyl (C=O) groups excluding carboxylic acids is 8. The second-order valence-electron chi connectivity index (χ2n) is 38.5. The average Bonchev–Trinajstić information content (AvgIpc) is 1.58. The highest BCUT2D eigenvalue weighted by Crippen LogP contribution is 2.57. The van der Waals surface area contributed by atoms with Crippen LogP contribution in [0.25, 0.3) is 0 Å². The Hall–Kier alpha value is -9.18. The number of rotatable bonds is 25. The number of halogens is 12. The molecule has 4 unspecified atom stereocenters. The van der Waals surface area contributed by atoms with Crippen LogP contribution >= 0.6 is 0 Å². The van der Waals surface area contributed by atoms with Crippen molar-refractivity contribution in [1.82, 2.24) is 34.3 Å². The molecule has 12 aliphatic rings. The molecule has 8 saturated heterocycles. The van der Waals surface area contributed by atoms with Crippen LogP contribution in [0.5, 0.6) is 0 Å². The standard InChI is InChI=1S/C28H32F3N3O2.C24H32F3N3O3.C22H28F3N3O2.C20H24F3N3O2/c1-33(16-17-5-3-2-4-6-17)26(35)28(9-10-28)27(36)34-20-7-8-21(34)12-19(11-20)25(32)14-18-13-23(30)24(31)15-22(18)29;1-29(7-8-33-2)22(31)24(5-6-24)23(32)30-16-3-4-17(30)10-15(9-16)21(28)12-14-11-19(26)20(27)13-18(14)25;1-27(2)20(29)22(5-6-22)21(30)28-14-3-4-15(28)8-13(7-14)19(26)10-12-9-17(24)18(25)11-16(12)23;21-14-9-16(23)15(22)7-10(14)8-17(24)11-5-12-1-2-13(6-11)26(12)19(28)20(3-4-20)18(25)27/h2-6,13,15,19-21,25H,7-12,14,16,32H2,1H3;11,13,15-17,21H,3-10,12,28H2,1-2H3;9,11,13-15,19H,3-8,10,26H2,1-2H3;7,9,11-13,17H,1-6,8,24H2,(H2,25,27)/t19?,20-,21+,25-;15?,16-,17+,21-;13?,14-,15+,19-;11?,12-,13+,17-/m1111/s1. The van der Waals surface area contributed by atoms with Crippen molar-refractivity contribution in [1.29, 1.82) is 0 Å². The number of hydrogen-bond donors (Lipinski definition) is 5. The van der Waals surface area contributed by atoms with E-state index in [0.29, 0.717) is 147 Å². The molecule has 5 aromatic rings. The van der Waals surface area contributed by atoms with E-state index in [1.54, 1.807) is 45.1 Å². The summed E-state index contributed by atoms with van der Waals surface area (Å²) in [4.78, 5) is 117. The summed E-state index contributed by atoms with van der Waals surface area (Å²) in [5, 5.41) is 0. The number of carbonyl (C=O) groups is 8. The average molecular weight is 1790 g/mol. The summed E-state index contributed by atoms with van der Waals surface area (Å²) in [6.45, 7) is 1.31. The van der Waals surface area contributed by atoms with E-state index < -0.39 is 122 Å². The number of nitrogens with zero attached hydrogens (tertiary/aromatic N) is 7. The van der Waals surface area contributed by atoms with Gasteiger partial charge >= 0.3 is 0 Å². The molecule has 690 valence electrons. The highest BCUT2D eigenvalue weighted by Gasteiger charge is 2.66.